The Morgan fingerprint density at radius 3 is 1.07 bits per heavy atom. The highest BCUT2D eigenvalue weighted by Crippen LogP contribution is 2.36. The Morgan fingerprint density at radius 1 is 0.500 bits per heavy atom. The molecule has 2 fully saturated rings. The van der Waals surface area contributed by atoms with Crippen LogP contribution in [-0.4, -0.2) is 58.5 Å². The van der Waals surface area contributed by atoms with Gasteiger partial charge in [0.25, 0.3) is 11.2 Å². The molecule has 4 rings (SSSR count). The summed E-state index contributed by atoms with van der Waals surface area (Å²) in [7, 11) is 0. The maximum absolute atomic E-state index is 13.3. The average molecular weight is 807 g/mol. The monoisotopic (exact) mass is 806 g/mol. The Kier molecular flexibility index (Phi) is 18.9. The normalized spacial score (nSPS) is 21.5. The molecule has 2 aliphatic carbocycles. The molecule has 0 aliphatic heterocycles. The van der Waals surface area contributed by atoms with E-state index in [-0.39, 0.29) is 11.1 Å². The van der Waals surface area contributed by atoms with Crippen LogP contribution < -0.4 is 9.47 Å². The zero-order chi connectivity index (χ0) is 42.0. The molecule has 10 heteroatoms. The second-order valence-corrected chi connectivity index (χ2v) is 17.3. The van der Waals surface area contributed by atoms with Crippen LogP contribution in [0.25, 0.3) is 0 Å². The van der Waals surface area contributed by atoms with Crippen molar-refractivity contribution < 1.29 is 48.3 Å². The molecule has 0 heterocycles. The summed E-state index contributed by atoms with van der Waals surface area (Å²) in [5.74, 6) is -1.46. The van der Waals surface area contributed by atoms with Crippen LogP contribution in [0.1, 0.15) is 177 Å². The summed E-state index contributed by atoms with van der Waals surface area (Å²) in [5, 5.41) is 20.4. The molecule has 0 saturated heterocycles. The van der Waals surface area contributed by atoms with Gasteiger partial charge in [-0.05, 0) is 112 Å². The van der Waals surface area contributed by atoms with Gasteiger partial charge < -0.3 is 29.2 Å². The van der Waals surface area contributed by atoms with Gasteiger partial charge in [-0.1, -0.05) is 117 Å². The molecule has 0 spiro atoms. The first kappa shape index (κ1) is 46.6. The van der Waals surface area contributed by atoms with E-state index in [0.29, 0.717) is 24.7 Å². The SMILES string of the molecule is CCCCC[C@H]1CC[C@H](CCCOc2ccc(C(=O)O[C@@](C)(C(=O)O)[C@@](C)(OC(=O)c3ccc(OCCC[C@H]4CC[C@H](CCCCC)CC4)cc3)C(=O)O)cc2)CC1. The van der Waals surface area contributed by atoms with E-state index < -0.39 is 35.1 Å². The number of carbonyl (C=O) groups is 4. The number of rotatable bonds is 25. The quantitative estimate of drug-likeness (QED) is 0.0734. The zero-order valence-electron chi connectivity index (χ0n) is 35.6. The Bertz CT molecular complexity index is 1440. The third-order valence-electron chi connectivity index (χ3n) is 12.9. The Morgan fingerprint density at radius 2 is 0.793 bits per heavy atom. The van der Waals surface area contributed by atoms with E-state index in [9.17, 15) is 29.4 Å². The maximum Gasteiger partial charge on any atom is 0.352 e. The van der Waals surface area contributed by atoms with Crippen molar-refractivity contribution in [1.29, 1.82) is 0 Å². The first-order valence-corrected chi connectivity index (χ1v) is 22.3. The third-order valence-corrected chi connectivity index (χ3v) is 12.9. The first-order chi connectivity index (χ1) is 27.9. The number of ether oxygens (including phenoxy) is 4. The molecule has 0 unspecified atom stereocenters. The van der Waals surface area contributed by atoms with Crippen molar-refractivity contribution in [2.45, 2.75) is 167 Å². The lowest BCUT2D eigenvalue weighted by atomic mass is 9.78. The smallest absolute Gasteiger partial charge is 0.352 e. The molecule has 0 aromatic heterocycles. The number of carboxylic acid groups (broad SMARTS) is 2. The van der Waals surface area contributed by atoms with Gasteiger partial charge >= 0.3 is 23.9 Å². The van der Waals surface area contributed by atoms with Gasteiger partial charge in [-0.15, -0.1) is 0 Å². The fourth-order valence-corrected chi connectivity index (χ4v) is 8.66. The van der Waals surface area contributed by atoms with Crippen LogP contribution in [0.2, 0.25) is 0 Å². The van der Waals surface area contributed by atoms with Crippen LogP contribution in [0.4, 0.5) is 0 Å². The van der Waals surface area contributed by atoms with Crippen LogP contribution >= 0.6 is 0 Å². The van der Waals surface area contributed by atoms with E-state index in [1.807, 2.05) is 0 Å². The number of hydrogen-bond donors (Lipinski definition) is 2. The number of benzene rings is 2. The van der Waals surface area contributed by atoms with Crippen molar-refractivity contribution in [3.63, 3.8) is 0 Å². The van der Waals surface area contributed by atoms with Gasteiger partial charge in [-0.2, -0.15) is 0 Å². The van der Waals surface area contributed by atoms with E-state index in [0.717, 1.165) is 63.2 Å². The van der Waals surface area contributed by atoms with Gasteiger partial charge in [0.2, 0.25) is 0 Å². The number of aliphatic carboxylic acids is 2. The molecule has 58 heavy (non-hydrogen) atoms. The topological polar surface area (TPSA) is 146 Å². The second-order valence-electron chi connectivity index (χ2n) is 17.3. The van der Waals surface area contributed by atoms with Crippen LogP contribution in [-0.2, 0) is 19.1 Å². The average Bonchev–Trinajstić information content (AvgIpc) is 3.22. The summed E-state index contributed by atoms with van der Waals surface area (Å²) < 4.78 is 22.6. The zero-order valence-corrected chi connectivity index (χ0v) is 35.6. The van der Waals surface area contributed by atoms with Gasteiger partial charge in [0.05, 0.1) is 24.3 Å². The molecule has 2 saturated carbocycles. The number of esters is 2. The summed E-state index contributed by atoms with van der Waals surface area (Å²) in [6.07, 6.45) is 25.1. The second kappa shape index (κ2) is 23.5. The third kappa shape index (κ3) is 13.8. The lowest BCUT2D eigenvalue weighted by Gasteiger charge is -2.38. The minimum atomic E-state index is -2.80. The highest BCUT2D eigenvalue weighted by Gasteiger charge is 2.62. The number of unbranched alkanes of at least 4 members (excludes halogenated alkanes) is 4. The molecule has 322 valence electrons. The lowest BCUT2D eigenvalue weighted by molar-refractivity contribution is -0.200. The summed E-state index contributed by atoms with van der Waals surface area (Å²) >= 11 is 0. The molecule has 2 aliphatic rings. The number of carboxylic acids is 2. The van der Waals surface area contributed by atoms with Crippen molar-refractivity contribution in [2.75, 3.05) is 13.2 Å². The summed E-state index contributed by atoms with van der Waals surface area (Å²) in [5.41, 5.74) is -5.63. The van der Waals surface area contributed by atoms with Gasteiger partial charge in [-0.25, -0.2) is 19.2 Å². The van der Waals surface area contributed by atoms with E-state index in [1.165, 1.54) is 127 Å². The van der Waals surface area contributed by atoms with Crippen LogP contribution in [0, 0.1) is 23.7 Å². The van der Waals surface area contributed by atoms with Gasteiger partial charge in [-0.3, -0.25) is 0 Å². The van der Waals surface area contributed by atoms with E-state index in [4.69, 9.17) is 18.9 Å². The Labute approximate surface area is 346 Å². The minimum absolute atomic E-state index is 0.0182. The van der Waals surface area contributed by atoms with Gasteiger partial charge in [0.15, 0.2) is 0 Å². The highest BCUT2D eigenvalue weighted by molar-refractivity contribution is 5.99. The largest absolute Gasteiger partial charge is 0.494 e. The van der Waals surface area contributed by atoms with E-state index in [1.54, 1.807) is 24.3 Å². The van der Waals surface area contributed by atoms with Gasteiger partial charge in [0, 0.05) is 0 Å². The Balaban J connectivity index is 1.23. The first-order valence-electron chi connectivity index (χ1n) is 22.3. The lowest BCUT2D eigenvalue weighted by Crippen LogP contribution is -2.64. The number of carbonyl (C=O) groups excluding carboxylic acids is 2. The molecular formula is C48H70O10. The summed E-state index contributed by atoms with van der Waals surface area (Å²) in [4.78, 5) is 51.7. The maximum atomic E-state index is 13.3. The van der Waals surface area contributed by atoms with Gasteiger partial charge in [0.1, 0.15) is 11.5 Å². The highest BCUT2D eigenvalue weighted by atomic mass is 16.6. The standard InChI is InChI=1S/C48H70O10/c1-5-7-9-13-35-17-21-37(22-18-35)15-11-33-55-41-29-25-39(26-30-41)43(49)57-47(3,45(51)52)48(4,46(53)54)58-44(50)40-27-31-42(32-28-40)56-34-12-16-38-23-19-36(20-24-38)14-10-8-6-2/h25-32,35-38H,5-24,33-34H2,1-4H3,(H,51,52)(H,53,54)/t35-,36-,37-,38-,47-,48-/m0/s1. The Hall–Kier alpha value is -4.08. The molecule has 2 aromatic carbocycles. The van der Waals surface area contributed by atoms with Crippen molar-refractivity contribution in [1.82, 2.24) is 0 Å². The molecule has 0 radical (unpaired) electrons. The molecule has 2 atom stereocenters. The van der Waals surface area contributed by atoms with Crippen LogP contribution in [0.5, 0.6) is 11.5 Å². The van der Waals surface area contributed by atoms with Crippen LogP contribution in [0.15, 0.2) is 48.5 Å². The van der Waals surface area contributed by atoms with Crippen molar-refractivity contribution >= 4 is 23.9 Å². The predicted molar refractivity (Wildman–Crippen MR) is 224 cm³/mol. The predicted octanol–water partition coefficient (Wildman–Crippen LogP) is 11.5. The summed E-state index contributed by atoms with van der Waals surface area (Å²) in [6, 6.07) is 12.0. The fraction of sp³-hybridized carbons (Fsp3) is 0.667. The molecular weight excluding hydrogens is 737 g/mol. The van der Waals surface area contributed by atoms with Crippen molar-refractivity contribution in [2.24, 2.45) is 23.7 Å². The fourth-order valence-electron chi connectivity index (χ4n) is 8.66. The number of hydrogen-bond acceptors (Lipinski definition) is 8. The molecule has 10 nitrogen and oxygen atoms in total. The minimum Gasteiger partial charge on any atom is -0.494 e. The van der Waals surface area contributed by atoms with Crippen LogP contribution in [0.3, 0.4) is 0 Å². The van der Waals surface area contributed by atoms with E-state index in [2.05, 4.69) is 13.8 Å². The molecule has 0 bridgehead atoms. The van der Waals surface area contributed by atoms with Crippen molar-refractivity contribution in [3.8, 4) is 11.5 Å². The van der Waals surface area contributed by atoms with Crippen molar-refractivity contribution in [3.05, 3.63) is 59.7 Å². The molecule has 2 aromatic rings. The summed E-state index contributed by atoms with van der Waals surface area (Å²) in [6.45, 7) is 7.38. The van der Waals surface area contributed by atoms with E-state index >= 15 is 0 Å². The molecule has 2 N–H and O–H groups in total. The molecule has 0 amide bonds.